The molecule has 0 aliphatic heterocycles. The summed E-state index contributed by atoms with van der Waals surface area (Å²) in [5.41, 5.74) is 5.58. The maximum Gasteiger partial charge on any atom is 0.220 e. The summed E-state index contributed by atoms with van der Waals surface area (Å²) >= 11 is 0. The number of nitrogens with two attached hydrogens (primary N) is 1. The van der Waals surface area contributed by atoms with Gasteiger partial charge in [0.2, 0.25) is 5.91 Å². The lowest BCUT2D eigenvalue weighted by Crippen LogP contribution is -2.54. The summed E-state index contributed by atoms with van der Waals surface area (Å²) in [6, 6.07) is -0.0218. The second kappa shape index (κ2) is 4.60. The van der Waals surface area contributed by atoms with Crippen molar-refractivity contribution in [1.82, 2.24) is 5.32 Å². The summed E-state index contributed by atoms with van der Waals surface area (Å²) in [6.07, 6.45) is 6.09. The first-order chi connectivity index (χ1) is 7.88. The molecule has 2 rings (SSSR count). The van der Waals surface area contributed by atoms with E-state index in [9.17, 15) is 4.79 Å². The van der Waals surface area contributed by atoms with Gasteiger partial charge < -0.3 is 11.1 Å². The lowest BCUT2D eigenvalue weighted by atomic mass is 9.86. The van der Waals surface area contributed by atoms with Gasteiger partial charge in [-0.25, -0.2) is 0 Å². The normalized spacial score (nSPS) is 33.8. The molecular formula is C14H26N2O. The van der Waals surface area contributed by atoms with E-state index in [-0.39, 0.29) is 17.5 Å². The monoisotopic (exact) mass is 238 g/mol. The molecule has 0 aromatic rings. The third-order valence-electron chi connectivity index (χ3n) is 4.93. The van der Waals surface area contributed by atoms with Gasteiger partial charge in [0.15, 0.2) is 0 Å². The minimum absolute atomic E-state index is 0.0218. The molecule has 4 unspecified atom stereocenters. The number of rotatable bonds is 4. The molecule has 0 saturated heterocycles. The van der Waals surface area contributed by atoms with E-state index in [0.717, 1.165) is 11.8 Å². The highest BCUT2D eigenvalue weighted by atomic mass is 16.1. The number of hydrogen-bond donors (Lipinski definition) is 2. The first kappa shape index (κ1) is 12.9. The van der Waals surface area contributed by atoms with Crippen LogP contribution in [0.25, 0.3) is 0 Å². The first-order valence-corrected chi connectivity index (χ1v) is 6.95. The van der Waals surface area contributed by atoms with Gasteiger partial charge in [0.25, 0.3) is 0 Å². The molecule has 4 atom stereocenters. The third kappa shape index (κ3) is 2.82. The van der Waals surface area contributed by atoms with Crippen molar-refractivity contribution in [3.8, 4) is 0 Å². The highest BCUT2D eigenvalue weighted by molar-refractivity contribution is 5.77. The Balaban J connectivity index is 1.82. The van der Waals surface area contributed by atoms with Crippen molar-refractivity contribution in [2.24, 2.45) is 23.5 Å². The number of nitrogens with one attached hydrogen (secondary N) is 1. The van der Waals surface area contributed by atoms with Gasteiger partial charge in [-0.2, -0.15) is 0 Å². The number of amides is 1. The van der Waals surface area contributed by atoms with Gasteiger partial charge in [0, 0.05) is 18.0 Å². The fraction of sp³-hybridized carbons (Fsp3) is 0.929. The minimum atomic E-state index is -0.297. The Morgan fingerprint density at radius 2 is 2.12 bits per heavy atom. The zero-order valence-electron chi connectivity index (χ0n) is 11.3. The molecule has 2 fully saturated rings. The van der Waals surface area contributed by atoms with Crippen LogP contribution in [0.15, 0.2) is 0 Å². The molecule has 1 amide bonds. The predicted octanol–water partition coefficient (Wildman–Crippen LogP) is 2.05. The van der Waals surface area contributed by atoms with Crippen LogP contribution in [-0.4, -0.2) is 17.5 Å². The Hall–Kier alpha value is -0.570. The van der Waals surface area contributed by atoms with Crippen LogP contribution >= 0.6 is 0 Å². The summed E-state index contributed by atoms with van der Waals surface area (Å²) < 4.78 is 0. The van der Waals surface area contributed by atoms with Gasteiger partial charge >= 0.3 is 0 Å². The van der Waals surface area contributed by atoms with Crippen molar-refractivity contribution in [2.45, 2.75) is 64.5 Å². The van der Waals surface area contributed by atoms with Crippen molar-refractivity contribution < 1.29 is 4.79 Å². The molecule has 0 heterocycles. The molecule has 0 aromatic heterocycles. The molecule has 3 nitrogen and oxygen atoms in total. The molecule has 0 radical (unpaired) electrons. The smallest absolute Gasteiger partial charge is 0.220 e. The van der Waals surface area contributed by atoms with Crippen molar-refractivity contribution in [1.29, 1.82) is 0 Å². The van der Waals surface area contributed by atoms with Crippen LogP contribution in [-0.2, 0) is 4.79 Å². The van der Waals surface area contributed by atoms with Gasteiger partial charge in [-0.1, -0.05) is 6.42 Å². The zero-order valence-corrected chi connectivity index (χ0v) is 11.3. The lowest BCUT2D eigenvalue weighted by molar-refractivity contribution is -0.124. The molecular weight excluding hydrogens is 212 g/mol. The van der Waals surface area contributed by atoms with E-state index in [1.807, 2.05) is 20.8 Å². The van der Waals surface area contributed by atoms with Crippen LogP contribution in [0.5, 0.6) is 0 Å². The van der Waals surface area contributed by atoms with E-state index in [4.69, 9.17) is 5.73 Å². The standard InChI is InChI=1S/C14H26N2O/c1-9(15)14(2,3)16-13(17)8-12-7-10-4-5-11(12)6-10/h9-12H,4-8,15H2,1-3H3,(H,16,17). The van der Waals surface area contributed by atoms with E-state index >= 15 is 0 Å². The fourth-order valence-corrected chi connectivity index (χ4v) is 3.39. The summed E-state index contributed by atoms with van der Waals surface area (Å²) in [4.78, 5) is 12.0. The van der Waals surface area contributed by atoms with E-state index < -0.39 is 0 Å². The Bertz CT molecular complexity index is 299. The van der Waals surface area contributed by atoms with Gasteiger partial charge in [-0.3, -0.25) is 4.79 Å². The predicted molar refractivity (Wildman–Crippen MR) is 69.4 cm³/mol. The maximum atomic E-state index is 12.0. The highest BCUT2D eigenvalue weighted by Gasteiger charge is 2.40. The van der Waals surface area contributed by atoms with Crippen LogP contribution in [0.4, 0.5) is 0 Å². The second-order valence-electron chi connectivity index (χ2n) is 6.70. The lowest BCUT2D eigenvalue weighted by Gasteiger charge is -2.31. The Kier molecular flexibility index (Phi) is 3.48. The Morgan fingerprint density at radius 1 is 1.41 bits per heavy atom. The summed E-state index contributed by atoms with van der Waals surface area (Å²) in [6.45, 7) is 5.94. The molecule has 2 aliphatic carbocycles. The molecule has 2 saturated carbocycles. The van der Waals surface area contributed by atoms with Gasteiger partial charge in [-0.05, 0) is 57.8 Å². The van der Waals surface area contributed by atoms with E-state index in [0.29, 0.717) is 12.3 Å². The number of hydrogen-bond acceptors (Lipinski definition) is 2. The van der Waals surface area contributed by atoms with Crippen LogP contribution in [0.2, 0.25) is 0 Å². The zero-order chi connectivity index (χ0) is 12.6. The topological polar surface area (TPSA) is 55.1 Å². The van der Waals surface area contributed by atoms with Crippen molar-refractivity contribution in [2.75, 3.05) is 0 Å². The SMILES string of the molecule is CC(N)C(C)(C)NC(=O)CC1CC2CCC1C2. The quantitative estimate of drug-likeness (QED) is 0.787. The van der Waals surface area contributed by atoms with Gasteiger partial charge in [-0.15, -0.1) is 0 Å². The van der Waals surface area contributed by atoms with Crippen LogP contribution in [0.3, 0.4) is 0 Å². The van der Waals surface area contributed by atoms with E-state index in [2.05, 4.69) is 5.32 Å². The van der Waals surface area contributed by atoms with Crippen molar-refractivity contribution in [3.05, 3.63) is 0 Å². The van der Waals surface area contributed by atoms with E-state index in [1.54, 1.807) is 0 Å². The molecule has 2 bridgehead atoms. The Morgan fingerprint density at radius 3 is 2.59 bits per heavy atom. The summed E-state index contributed by atoms with van der Waals surface area (Å²) in [5.74, 6) is 2.56. The third-order valence-corrected chi connectivity index (χ3v) is 4.93. The summed E-state index contributed by atoms with van der Waals surface area (Å²) in [7, 11) is 0. The fourth-order valence-electron chi connectivity index (χ4n) is 3.39. The minimum Gasteiger partial charge on any atom is -0.350 e. The average molecular weight is 238 g/mol. The van der Waals surface area contributed by atoms with Gasteiger partial charge in [0.1, 0.15) is 0 Å². The second-order valence-corrected chi connectivity index (χ2v) is 6.70. The molecule has 2 aliphatic rings. The van der Waals surface area contributed by atoms with Crippen molar-refractivity contribution >= 4 is 5.91 Å². The average Bonchev–Trinajstić information content (AvgIpc) is 2.77. The largest absolute Gasteiger partial charge is 0.350 e. The molecule has 3 N–H and O–H groups in total. The van der Waals surface area contributed by atoms with Crippen LogP contribution in [0, 0.1) is 17.8 Å². The molecule has 0 aromatic carbocycles. The first-order valence-electron chi connectivity index (χ1n) is 6.95. The molecule has 17 heavy (non-hydrogen) atoms. The highest BCUT2D eigenvalue weighted by Crippen LogP contribution is 2.49. The molecule has 98 valence electrons. The number of carbonyl (C=O) groups is 1. The van der Waals surface area contributed by atoms with Crippen LogP contribution in [0.1, 0.15) is 52.9 Å². The molecule has 3 heteroatoms. The van der Waals surface area contributed by atoms with E-state index in [1.165, 1.54) is 25.7 Å². The molecule has 0 spiro atoms. The summed E-state index contributed by atoms with van der Waals surface area (Å²) in [5, 5.41) is 3.08. The van der Waals surface area contributed by atoms with Crippen LogP contribution < -0.4 is 11.1 Å². The van der Waals surface area contributed by atoms with Crippen molar-refractivity contribution in [3.63, 3.8) is 0 Å². The number of carbonyl (C=O) groups excluding carboxylic acids is 1. The Labute approximate surface area is 105 Å². The number of fused-ring (bicyclic) bond motifs is 2. The maximum absolute atomic E-state index is 12.0. The van der Waals surface area contributed by atoms with Gasteiger partial charge in [0.05, 0.1) is 0 Å².